The molecule has 0 unspecified atom stereocenters. The van der Waals surface area contributed by atoms with Crippen molar-refractivity contribution in [2.75, 3.05) is 26.1 Å². The summed E-state index contributed by atoms with van der Waals surface area (Å²) in [6, 6.07) is 9.14. The summed E-state index contributed by atoms with van der Waals surface area (Å²) in [6.45, 7) is 3.72. The van der Waals surface area contributed by atoms with Crippen LogP contribution in [-0.2, 0) is 18.4 Å². The fourth-order valence-corrected chi connectivity index (χ4v) is 6.26. The second-order valence-electron chi connectivity index (χ2n) is 10.4. The molecule has 5 rings (SSSR count). The number of likely N-dealkylation sites (tertiary alicyclic amines) is 1. The molecule has 2 aliphatic rings. The van der Waals surface area contributed by atoms with Crippen molar-refractivity contribution in [3.63, 3.8) is 0 Å². The quantitative estimate of drug-likeness (QED) is 0.368. The lowest BCUT2D eigenvalue weighted by Crippen LogP contribution is -2.52. The van der Waals surface area contributed by atoms with Crippen LogP contribution in [0, 0.1) is 11.6 Å². The van der Waals surface area contributed by atoms with Crippen molar-refractivity contribution >= 4 is 11.7 Å². The lowest BCUT2D eigenvalue weighted by molar-refractivity contribution is 0.130. The number of imidazole rings is 1. The first-order valence-corrected chi connectivity index (χ1v) is 13.4. The SMILES string of the molecule is CCc1ncc(CN2CC[C@]3(c4ccc(OC)c(OC)c4)CC[C@@H](NC(=O)Nc4ccc(F)c(F)c4)C[C@H]23)[nH]1. The third kappa shape index (κ3) is 5.43. The van der Waals surface area contributed by atoms with Crippen LogP contribution in [0.3, 0.4) is 0 Å². The molecule has 2 heterocycles. The number of anilines is 1. The van der Waals surface area contributed by atoms with Crippen LogP contribution in [0.1, 0.15) is 49.7 Å². The fraction of sp³-hybridized carbons (Fsp3) is 0.448. The molecule has 10 heteroatoms. The van der Waals surface area contributed by atoms with Crippen molar-refractivity contribution in [3.05, 3.63) is 71.3 Å². The van der Waals surface area contributed by atoms with Gasteiger partial charge in [-0.05, 0) is 62.1 Å². The number of fused-ring (bicyclic) bond motifs is 1. The Morgan fingerprint density at radius 3 is 2.67 bits per heavy atom. The van der Waals surface area contributed by atoms with Crippen LogP contribution in [0.2, 0.25) is 0 Å². The Balaban J connectivity index is 1.37. The summed E-state index contributed by atoms with van der Waals surface area (Å²) >= 11 is 0. The number of nitrogens with one attached hydrogen (secondary N) is 3. The van der Waals surface area contributed by atoms with Gasteiger partial charge in [-0.2, -0.15) is 0 Å². The number of halogens is 2. The van der Waals surface area contributed by atoms with Crippen LogP contribution in [0.4, 0.5) is 19.3 Å². The Hall–Kier alpha value is -3.66. The summed E-state index contributed by atoms with van der Waals surface area (Å²) in [5, 5.41) is 5.70. The van der Waals surface area contributed by atoms with E-state index in [1.165, 1.54) is 11.6 Å². The van der Waals surface area contributed by atoms with Crippen LogP contribution < -0.4 is 20.1 Å². The molecular formula is C29H35F2N5O3. The zero-order valence-electron chi connectivity index (χ0n) is 22.5. The number of hydrogen-bond acceptors (Lipinski definition) is 5. The van der Waals surface area contributed by atoms with Gasteiger partial charge in [-0.1, -0.05) is 13.0 Å². The normalized spacial score (nSPS) is 22.8. The van der Waals surface area contributed by atoms with Gasteiger partial charge in [0, 0.05) is 54.1 Å². The minimum absolute atomic E-state index is 0.0814. The summed E-state index contributed by atoms with van der Waals surface area (Å²) in [7, 11) is 3.28. The first-order chi connectivity index (χ1) is 18.8. The Kier molecular flexibility index (Phi) is 7.74. The van der Waals surface area contributed by atoms with Crippen molar-refractivity contribution in [3.8, 4) is 11.5 Å². The van der Waals surface area contributed by atoms with E-state index in [0.29, 0.717) is 11.5 Å². The van der Waals surface area contributed by atoms with Crippen molar-refractivity contribution < 1.29 is 23.0 Å². The van der Waals surface area contributed by atoms with E-state index in [2.05, 4.69) is 44.6 Å². The summed E-state index contributed by atoms with van der Waals surface area (Å²) in [6.07, 6.45) is 6.14. The van der Waals surface area contributed by atoms with Gasteiger partial charge >= 0.3 is 6.03 Å². The second-order valence-corrected chi connectivity index (χ2v) is 10.4. The molecule has 1 aliphatic carbocycles. The number of aryl methyl sites for hydroxylation is 1. The monoisotopic (exact) mass is 539 g/mol. The maximum Gasteiger partial charge on any atom is 0.319 e. The molecule has 0 bridgehead atoms. The summed E-state index contributed by atoms with van der Waals surface area (Å²) < 4.78 is 38.0. The number of rotatable bonds is 8. The summed E-state index contributed by atoms with van der Waals surface area (Å²) in [5.41, 5.74) is 2.37. The molecule has 1 saturated heterocycles. The number of urea groups is 1. The molecular weight excluding hydrogens is 504 g/mol. The highest BCUT2D eigenvalue weighted by atomic mass is 19.2. The van der Waals surface area contributed by atoms with Gasteiger partial charge < -0.3 is 25.1 Å². The van der Waals surface area contributed by atoms with Gasteiger partial charge in [0.05, 0.1) is 14.2 Å². The summed E-state index contributed by atoms with van der Waals surface area (Å²) in [5.74, 6) is 0.403. The number of ether oxygens (including phenoxy) is 2. The molecule has 39 heavy (non-hydrogen) atoms. The van der Waals surface area contributed by atoms with Crippen molar-refractivity contribution in [1.82, 2.24) is 20.2 Å². The Labute approximate surface area is 227 Å². The van der Waals surface area contributed by atoms with E-state index in [0.717, 1.165) is 68.8 Å². The van der Waals surface area contributed by atoms with Gasteiger partial charge in [0.15, 0.2) is 23.1 Å². The smallest absolute Gasteiger partial charge is 0.319 e. The van der Waals surface area contributed by atoms with Gasteiger partial charge in [0.2, 0.25) is 0 Å². The Morgan fingerprint density at radius 1 is 1.13 bits per heavy atom. The molecule has 3 atom stereocenters. The largest absolute Gasteiger partial charge is 0.493 e. The molecule has 2 amide bonds. The second kappa shape index (κ2) is 11.2. The number of carbonyl (C=O) groups excluding carboxylic acids is 1. The lowest BCUT2D eigenvalue weighted by atomic mass is 9.65. The molecule has 208 valence electrons. The number of aromatic amines is 1. The van der Waals surface area contributed by atoms with Crippen LogP contribution in [0.25, 0.3) is 0 Å². The number of methoxy groups -OCH3 is 2. The van der Waals surface area contributed by atoms with E-state index in [-0.39, 0.29) is 23.2 Å². The number of aromatic nitrogens is 2. The standard InChI is InChI=1S/C29H35F2N5O3/c1-4-27-32-16-21(33-27)17-36-12-11-29(18-5-8-24(38-2)25(13-18)39-3)10-9-20(15-26(29)36)35-28(37)34-19-6-7-22(30)23(31)14-19/h5-8,13-14,16,20,26H,4,9-12,15,17H2,1-3H3,(H,32,33)(H2,34,35,37)/t20-,26+,29+/m1/s1. The number of benzene rings is 2. The number of nitrogens with zero attached hydrogens (tertiary/aromatic N) is 2. The summed E-state index contributed by atoms with van der Waals surface area (Å²) in [4.78, 5) is 23.2. The number of amides is 2. The van der Waals surface area contributed by atoms with Gasteiger partial charge in [-0.3, -0.25) is 4.90 Å². The van der Waals surface area contributed by atoms with E-state index < -0.39 is 17.7 Å². The van der Waals surface area contributed by atoms with E-state index in [4.69, 9.17) is 9.47 Å². The predicted molar refractivity (Wildman–Crippen MR) is 144 cm³/mol. The van der Waals surface area contributed by atoms with E-state index in [9.17, 15) is 13.6 Å². The van der Waals surface area contributed by atoms with Gasteiger partial charge in [-0.15, -0.1) is 0 Å². The molecule has 0 spiro atoms. The van der Waals surface area contributed by atoms with Gasteiger partial charge in [0.1, 0.15) is 5.82 Å². The van der Waals surface area contributed by atoms with Gasteiger partial charge in [0.25, 0.3) is 0 Å². The third-order valence-electron chi connectivity index (χ3n) is 8.23. The van der Waals surface area contributed by atoms with Crippen molar-refractivity contribution in [1.29, 1.82) is 0 Å². The number of carbonyl (C=O) groups is 1. The molecule has 3 aromatic rings. The predicted octanol–water partition coefficient (Wildman–Crippen LogP) is 5.15. The lowest BCUT2D eigenvalue weighted by Gasteiger charge is -2.45. The van der Waals surface area contributed by atoms with Crippen LogP contribution in [-0.4, -0.2) is 53.7 Å². The van der Waals surface area contributed by atoms with E-state index in [1.54, 1.807) is 14.2 Å². The molecule has 0 radical (unpaired) electrons. The van der Waals surface area contributed by atoms with E-state index in [1.807, 2.05) is 12.3 Å². The number of hydrogen-bond donors (Lipinski definition) is 3. The fourth-order valence-electron chi connectivity index (χ4n) is 6.26. The molecule has 1 aromatic heterocycles. The Morgan fingerprint density at radius 2 is 1.95 bits per heavy atom. The number of H-pyrrole nitrogens is 1. The van der Waals surface area contributed by atoms with Crippen LogP contribution in [0.15, 0.2) is 42.6 Å². The Bertz CT molecular complexity index is 1330. The van der Waals surface area contributed by atoms with Crippen LogP contribution >= 0.6 is 0 Å². The maximum absolute atomic E-state index is 13.6. The average molecular weight is 540 g/mol. The molecule has 1 saturated carbocycles. The van der Waals surface area contributed by atoms with Crippen molar-refractivity contribution in [2.45, 2.75) is 63.1 Å². The van der Waals surface area contributed by atoms with Crippen LogP contribution in [0.5, 0.6) is 11.5 Å². The highest BCUT2D eigenvalue weighted by Crippen LogP contribution is 2.50. The first kappa shape index (κ1) is 26.9. The van der Waals surface area contributed by atoms with Gasteiger partial charge in [-0.25, -0.2) is 18.6 Å². The third-order valence-corrected chi connectivity index (χ3v) is 8.23. The highest BCUT2D eigenvalue weighted by molar-refractivity contribution is 5.89. The molecule has 2 aromatic carbocycles. The minimum atomic E-state index is -1.00. The maximum atomic E-state index is 13.6. The molecule has 3 N–H and O–H groups in total. The zero-order valence-corrected chi connectivity index (χ0v) is 22.5. The molecule has 8 nitrogen and oxygen atoms in total. The molecule has 1 aliphatic heterocycles. The average Bonchev–Trinajstić information content (AvgIpc) is 3.55. The first-order valence-electron chi connectivity index (χ1n) is 13.4. The van der Waals surface area contributed by atoms with Crippen molar-refractivity contribution in [2.24, 2.45) is 0 Å². The molecule has 2 fully saturated rings. The topological polar surface area (TPSA) is 91.5 Å². The highest BCUT2D eigenvalue weighted by Gasteiger charge is 2.51. The minimum Gasteiger partial charge on any atom is -0.493 e. The zero-order chi connectivity index (χ0) is 27.6. The van der Waals surface area contributed by atoms with E-state index >= 15 is 0 Å².